The van der Waals surface area contributed by atoms with Crippen LogP contribution in [0.2, 0.25) is 0 Å². The standard InChI is InChI=1S/C16H22N4O2S/c1-13-5-6-16(8-14(13)2)23(21,22)20-7-3-4-15(10-20)9-19-12-17-11-18-19/h5-6,8,11-12,15H,3-4,7,9-10H2,1-2H3/t15-/m1/s1. The van der Waals surface area contributed by atoms with E-state index in [2.05, 4.69) is 10.1 Å². The van der Waals surface area contributed by atoms with Crippen molar-refractivity contribution < 1.29 is 8.42 Å². The molecule has 6 nitrogen and oxygen atoms in total. The minimum absolute atomic E-state index is 0.270. The van der Waals surface area contributed by atoms with Crippen LogP contribution in [0.5, 0.6) is 0 Å². The minimum Gasteiger partial charge on any atom is -0.253 e. The van der Waals surface area contributed by atoms with Gasteiger partial charge < -0.3 is 0 Å². The molecule has 0 spiro atoms. The molecule has 0 saturated carbocycles. The van der Waals surface area contributed by atoms with Gasteiger partial charge in [-0.25, -0.2) is 13.4 Å². The van der Waals surface area contributed by atoms with Gasteiger partial charge in [-0.05, 0) is 55.9 Å². The highest BCUT2D eigenvalue weighted by atomic mass is 32.2. The summed E-state index contributed by atoms with van der Waals surface area (Å²) in [5, 5.41) is 4.11. The van der Waals surface area contributed by atoms with E-state index in [0.29, 0.717) is 24.5 Å². The van der Waals surface area contributed by atoms with Crippen LogP contribution in [0.25, 0.3) is 0 Å². The van der Waals surface area contributed by atoms with Gasteiger partial charge in [0, 0.05) is 19.6 Å². The van der Waals surface area contributed by atoms with E-state index in [1.165, 1.54) is 6.33 Å². The zero-order valence-corrected chi connectivity index (χ0v) is 14.3. The first-order chi connectivity index (χ1) is 11.0. The zero-order chi connectivity index (χ0) is 16.4. The van der Waals surface area contributed by atoms with Crippen molar-refractivity contribution in [2.45, 2.75) is 38.1 Å². The third-order valence-corrected chi connectivity index (χ3v) is 6.37. The van der Waals surface area contributed by atoms with Crippen LogP contribution in [-0.2, 0) is 16.6 Å². The Morgan fingerprint density at radius 2 is 2.09 bits per heavy atom. The monoisotopic (exact) mass is 334 g/mol. The number of rotatable bonds is 4. The fourth-order valence-electron chi connectivity index (χ4n) is 3.01. The van der Waals surface area contributed by atoms with Gasteiger partial charge in [0.2, 0.25) is 10.0 Å². The molecule has 1 aromatic heterocycles. The van der Waals surface area contributed by atoms with Gasteiger partial charge in [0.15, 0.2) is 0 Å². The van der Waals surface area contributed by atoms with Crippen molar-refractivity contribution in [3.63, 3.8) is 0 Å². The summed E-state index contributed by atoms with van der Waals surface area (Å²) in [4.78, 5) is 4.33. The van der Waals surface area contributed by atoms with Gasteiger partial charge in [-0.3, -0.25) is 4.68 Å². The summed E-state index contributed by atoms with van der Waals surface area (Å²) in [6.07, 6.45) is 5.07. The molecule has 1 aliphatic rings. The van der Waals surface area contributed by atoms with Crippen LogP contribution in [-0.4, -0.2) is 40.6 Å². The number of hydrogen-bond acceptors (Lipinski definition) is 4. The maximum absolute atomic E-state index is 12.9. The second kappa shape index (κ2) is 6.41. The molecule has 23 heavy (non-hydrogen) atoms. The smallest absolute Gasteiger partial charge is 0.243 e. The summed E-state index contributed by atoms with van der Waals surface area (Å²) < 4.78 is 29.2. The Bertz CT molecular complexity index is 771. The highest BCUT2D eigenvalue weighted by Crippen LogP contribution is 2.25. The lowest BCUT2D eigenvalue weighted by atomic mass is 10.00. The van der Waals surface area contributed by atoms with Gasteiger partial charge in [-0.1, -0.05) is 6.07 Å². The number of nitrogens with zero attached hydrogens (tertiary/aromatic N) is 4. The Morgan fingerprint density at radius 3 is 2.78 bits per heavy atom. The molecular formula is C16H22N4O2S. The fourth-order valence-corrected chi connectivity index (χ4v) is 4.65. The van der Waals surface area contributed by atoms with Crippen LogP contribution in [0.4, 0.5) is 0 Å². The summed E-state index contributed by atoms with van der Waals surface area (Å²) >= 11 is 0. The number of aryl methyl sites for hydroxylation is 2. The Hall–Kier alpha value is -1.73. The molecule has 2 aromatic rings. The average Bonchev–Trinajstić information content (AvgIpc) is 3.03. The molecule has 7 heteroatoms. The van der Waals surface area contributed by atoms with Crippen molar-refractivity contribution in [2.24, 2.45) is 5.92 Å². The number of piperidine rings is 1. The molecule has 0 radical (unpaired) electrons. The summed E-state index contributed by atoms with van der Waals surface area (Å²) in [6, 6.07) is 5.35. The highest BCUT2D eigenvalue weighted by Gasteiger charge is 2.30. The van der Waals surface area contributed by atoms with Crippen LogP contribution in [0.3, 0.4) is 0 Å². The molecule has 3 rings (SSSR count). The summed E-state index contributed by atoms with van der Waals surface area (Å²) in [5.41, 5.74) is 2.11. The van der Waals surface area contributed by atoms with Gasteiger partial charge in [0.1, 0.15) is 12.7 Å². The van der Waals surface area contributed by atoms with E-state index < -0.39 is 10.0 Å². The van der Waals surface area contributed by atoms with Crippen molar-refractivity contribution in [1.29, 1.82) is 0 Å². The Kier molecular flexibility index (Phi) is 4.50. The predicted molar refractivity (Wildman–Crippen MR) is 87.4 cm³/mol. The molecule has 0 aliphatic carbocycles. The molecule has 1 saturated heterocycles. The van der Waals surface area contributed by atoms with Gasteiger partial charge in [-0.2, -0.15) is 9.40 Å². The third-order valence-electron chi connectivity index (χ3n) is 4.51. The first kappa shape index (κ1) is 16.1. The van der Waals surface area contributed by atoms with Crippen molar-refractivity contribution in [3.05, 3.63) is 42.0 Å². The van der Waals surface area contributed by atoms with E-state index in [0.717, 1.165) is 24.0 Å². The Balaban J connectivity index is 1.77. The average molecular weight is 334 g/mol. The second-order valence-corrected chi connectivity index (χ2v) is 8.17. The molecule has 0 amide bonds. The first-order valence-electron chi connectivity index (χ1n) is 7.86. The highest BCUT2D eigenvalue weighted by molar-refractivity contribution is 7.89. The molecule has 124 valence electrons. The molecule has 1 aromatic carbocycles. The van der Waals surface area contributed by atoms with Gasteiger partial charge >= 0.3 is 0 Å². The number of aromatic nitrogens is 3. The quantitative estimate of drug-likeness (QED) is 0.857. The third kappa shape index (κ3) is 3.45. The van der Waals surface area contributed by atoms with Gasteiger partial charge in [0.25, 0.3) is 0 Å². The lowest BCUT2D eigenvalue weighted by molar-refractivity contribution is 0.239. The topological polar surface area (TPSA) is 68.1 Å². The number of sulfonamides is 1. The van der Waals surface area contributed by atoms with Crippen molar-refractivity contribution in [3.8, 4) is 0 Å². The first-order valence-corrected chi connectivity index (χ1v) is 9.30. The summed E-state index contributed by atoms with van der Waals surface area (Å²) in [5.74, 6) is 0.270. The van der Waals surface area contributed by atoms with Crippen molar-refractivity contribution >= 4 is 10.0 Å². The number of hydrogen-bond donors (Lipinski definition) is 0. The Morgan fingerprint density at radius 1 is 1.26 bits per heavy atom. The van der Waals surface area contributed by atoms with Crippen LogP contribution in [0.1, 0.15) is 24.0 Å². The lowest BCUT2D eigenvalue weighted by Crippen LogP contribution is -2.41. The van der Waals surface area contributed by atoms with Crippen molar-refractivity contribution in [1.82, 2.24) is 19.1 Å². The fraction of sp³-hybridized carbons (Fsp3) is 0.500. The van der Waals surface area contributed by atoms with Crippen LogP contribution in [0.15, 0.2) is 35.7 Å². The SMILES string of the molecule is Cc1ccc(S(=O)(=O)N2CCC[C@H](Cn3cncn3)C2)cc1C. The second-order valence-electron chi connectivity index (χ2n) is 6.23. The van der Waals surface area contributed by atoms with E-state index in [4.69, 9.17) is 0 Å². The van der Waals surface area contributed by atoms with E-state index in [1.54, 1.807) is 27.4 Å². The van der Waals surface area contributed by atoms with Crippen LogP contribution in [0, 0.1) is 19.8 Å². The number of benzene rings is 1. The Labute approximate surface area is 137 Å². The maximum atomic E-state index is 12.9. The summed E-state index contributed by atoms with van der Waals surface area (Å²) in [7, 11) is -3.43. The molecule has 0 N–H and O–H groups in total. The largest absolute Gasteiger partial charge is 0.253 e. The van der Waals surface area contributed by atoms with Crippen LogP contribution < -0.4 is 0 Å². The summed E-state index contributed by atoms with van der Waals surface area (Å²) in [6.45, 7) is 5.76. The normalized spacial score (nSPS) is 19.8. The van der Waals surface area contributed by atoms with Gasteiger partial charge in [0.05, 0.1) is 4.90 Å². The minimum atomic E-state index is -3.43. The predicted octanol–water partition coefficient (Wildman–Crippen LogP) is 2.00. The molecular weight excluding hydrogens is 312 g/mol. The van der Waals surface area contributed by atoms with Crippen LogP contribution >= 0.6 is 0 Å². The lowest BCUT2D eigenvalue weighted by Gasteiger charge is -2.31. The van der Waals surface area contributed by atoms with E-state index in [1.807, 2.05) is 19.9 Å². The van der Waals surface area contributed by atoms with Gasteiger partial charge in [-0.15, -0.1) is 0 Å². The zero-order valence-electron chi connectivity index (χ0n) is 13.5. The molecule has 2 heterocycles. The molecule has 0 unspecified atom stereocenters. The van der Waals surface area contributed by atoms with E-state index >= 15 is 0 Å². The molecule has 0 bridgehead atoms. The van der Waals surface area contributed by atoms with Crippen molar-refractivity contribution in [2.75, 3.05) is 13.1 Å². The molecule has 1 aliphatic heterocycles. The maximum Gasteiger partial charge on any atom is 0.243 e. The molecule has 1 atom stereocenters. The van der Waals surface area contributed by atoms with E-state index in [9.17, 15) is 8.42 Å². The molecule has 1 fully saturated rings. The van der Waals surface area contributed by atoms with E-state index in [-0.39, 0.29) is 5.92 Å².